The smallest absolute Gasteiger partial charge is 0.246 e. The highest BCUT2D eigenvalue weighted by atomic mass is 127. The minimum Gasteiger partial charge on any atom is -0.353 e. The molecule has 2 atom stereocenters. The maximum atomic E-state index is 14.2. The van der Waals surface area contributed by atoms with E-state index in [0.29, 0.717) is 36.2 Å². The van der Waals surface area contributed by atoms with Crippen LogP contribution in [-0.4, -0.2) is 58.8 Å². The molecule has 2 unspecified atom stereocenters. The van der Waals surface area contributed by atoms with Crippen molar-refractivity contribution in [3.8, 4) is 0 Å². The van der Waals surface area contributed by atoms with Gasteiger partial charge in [-0.2, -0.15) is 5.10 Å². The summed E-state index contributed by atoms with van der Waals surface area (Å²) >= 11 is 6.21. The lowest BCUT2D eigenvalue weighted by Crippen LogP contribution is -2.55. The van der Waals surface area contributed by atoms with Gasteiger partial charge in [0.2, 0.25) is 5.91 Å². The Bertz CT molecular complexity index is 931. The first-order valence-electron chi connectivity index (χ1n) is 9.76. The first-order valence-corrected chi connectivity index (χ1v) is 10.1. The Morgan fingerprint density at radius 1 is 1.40 bits per heavy atom. The number of hydrogen-bond donors (Lipinski definition) is 1. The molecule has 2 fully saturated rings. The number of amides is 1. The number of carbonyl (C=O) groups excluding carboxylic acids is 1. The van der Waals surface area contributed by atoms with E-state index in [2.05, 4.69) is 15.4 Å². The summed E-state index contributed by atoms with van der Waals surface area (Å²) in [4.78, 5) is 20.9. The van der Waals surface area contributed by atoms with Gasteiger partial charge in [0.1, 0.15) is 12.4 Å². The Morgan fingerprint density at radius 3 is 2.83 bits per heavy atom. The number of guanidine groups is 1. The van der Waals surface area contributed by atoms with Crippen molar-refractivity contribution in [1.29, 1.82) is 0 Å². The van der Waals surface area contributed by atoms with Crippen LogP contribution in [0.1, 0.15) is 24.8 Å². The van der Waals surface area contributed by atoms with Gasteiger partial charge in [0, 0.05) is 55.4 Å². The fraction of sp³-hybridized carbons (Fsp3) is 0.450. The van der Waals surface area contributed by atoms with E-state index in [1.807, 2.05) is 25.1 Å². The van der Waals surface area contributed by atoms with E-state index >= 15 is 0 Å². The number of aryl methyl sites for hydroxylation is 1. The molecule has 4 rings (SSSR count). The first kappa shape index (κ1) is 22.8. The molecular weight excluding hydrogens is 522 g/mol. The first-order chi connectivity index (χ1) is 14.0. The molecule has 0 spiro atoms. The summed E-state index contributed by atoms with van der Waals surface area (Å²) in [7, 11) is 1.83. The van der Waals surface area contributed by atoms with Crippen molar-refractivity contribution in [2.75, 3.05) is 31.1 Å². The molecule has 1 aliphatic carbocycles. The molecule has 30 heavy (non-hydrogen) atoms. The normalized spacial score (nSPS) is 21.5. The predicted octanol–water partition coefficient (Wildman–Crippen LogP) is 3.00. The molecule has 2 heterocycles. The Balaban J connectivity index is 0.00000256. The van der Waals surface area contributed by atoms with Crippen LogP contribution < -0.4 is 10.2 Å². The average Bonchev–Trinajstić information content (AvgIpc) is 3.29. The summed E-state index contributed by atoms with van der Waals surface area (Å²) in [5.74, 6) is 0.421. The van der Waals surface area contributed by atoms with Gasteiger partial charge in [0.05, 0.1) is 11.9 Å². The number of benzene rings is 1. The fourth-order valence-corrected chi connectivity index (χ4v) is 4.07. The minimum atomic E-state index is -0.277. The van der Waals surface area contributed by atoms with Crippen molar-refractivity contribution in [2.24, 2.45) is 12.0 Å². The fourth-order valence-electron chi connectivity index (χ4n) is 3.77. The Kier molecular flexibility index (Phi) is 7.22. The number of aliphatic imine (C=N–C) groups is 1. The summed E-state index contributed by atoms with van der Waals surface area (Å²) in [5, 5.41) is 8.00. The second kappa shape index (κ2) is 9.51. The van der Waals surface area contributed by atoms with Crippen molar-refractivity contribution in [2.45, 2.75) is 25.3 Å². The van der Waals surface area contributed by atoms with E-state index in [0.717, 1.165) is 12.1 Å². The Morgan fingerprint density at radius 2 is 2.20 bits per heavy atom. The summed E-state index contributed by atoms with van der Waals surface area (Å²) in [6.45, 7) is 4.00. The maximum absolute atomic E-state index is 14.2. The molecule has 0 radical (unpaired) electrons. The highest BCUT2D eigenvalue weighted by molar-refractivity contribution is 14.0. The highest BCUT2D eigenvalue weighted by Gasteiger charge is 2.43. The number of nitrogens with one attached hydrogen (secondary N) is 1. The maximum Gasteiger partial charge on any atom is 0.246 e. The highest BCUT2D eigenvalue weighted by Crippen LogP contribution is 2.45. The zero-order valence-corrected chi connectivity index (χ0v) is 20.0. The van der Waals surface area contributed by atoms with Crippen LogP contribution in [0, 0.1) is 5.82 Å². The van der Waals surface area contributed by atoms with E-state index in [1.54, 1.807) is 27.9 Å². The van der Waals surface area contributed by atoms with Gasteiger partial charge >= 0.3 is 0 Å². The summed E-state index contributed by atoms with van der Waals surface area (Å²) < 4.78 is 15.9. The van der Waals surface area contributed by atoms with E-state index < -0.39 is 0 Å². The van der Waals surface area contributed by atoms with Gasteiger partial charge in [0.25, 0.3) is 0 Å². The van der Waals surface area contributed by atoms with E-state index in [9.17, 15) is 9.18 Å². The molecule has 2 aliphatic rings. The third-order valence-electron chi connectivity index (χ3n) is 5.31. The summed E-state index contributed by atoms with van der Waals surface area (Å²) in [6.07, 6.45) is 4.31. The molecule has 10 heteroatoms. The van der Waals surface area contributed by atoms with Gasteiger partial charge in [-0.3, -0.25) is 14.5 Å². The van der Waals surface area contributed by atoms with Crippen molar-refractivity contribution in [1.82, 2.24) is 20.0 Å². The number of hydrogen-bond acceptors (Lipinski definition) is 3. The van der Waals surface area contributed by atoms with Gasteiger partial charge in [0.15, 0.2) is 5.96 Å². The Hall–Kier alpha value is -1.88. The second-order valence-electron chi connectivity index (χ2n) is 7.37. The minimum absolute atomic E-state index is 0. The van der Waals surface area contributed by atoms with Crippen LogP contribution >= 0.6 is 35.6 Å². The van der Waals surface area contributed by atoms with Crippen molar-refractivity contribution in [3.63, 3.8) is 0 Å². The summed E-state index contributed by atoms with van der Waals surface area (Å²) in [6, 6.07) is 4.82. The lowest BCUT2D eigenvalue weighted by Gasteiger charge is -2.35. The van der Waals surface area contributed by atoms with Crippen LogP contribution in [-0.2, 0) is 11.8 Å². The number of aromatic nitrogens is 2. The number of anilines is 1. The lowest BCUT2D eigenvalue weighted by molar-refractivity contribution is -0.120. The average molecular weight is 547 g/mol. The quantitative estimate of drug-likeness (QED) is 0.364. The molecule has 2 aromatic rings. The van der Waals surface area contributed by atoms with Gasteiger partial charge in [-0.1, -0.05) is 17.7 Å². The molecule has 1 aromatic carbocycles. The zero-order valence-electron chi connectivity index (χ0n) is 16.9. The topological polar surface area (TPSA) is 65.8 Å². The monoisotopic (exact) mass is 546 g/mol. The van der Waals surface area contributed by atoms with Crippen molar-refractivity contribution >= 4 is 53.1 Å². The van der Waals surface area contributed by atoms with Crippen LogP contribution in [0.5, 0.6) is 0 Å². The lowest BCUT2D eigenvalue weighted by atomic mass is 10.1. The van der Waals surface area contributed by atoms with Gasteiger partial charge < -0.3 is 15.1 Å². The van der Waals surface area contributed by atoms with Crippen LogP contribution in [0.3, 0.4) is 0 Å². The van der Waals surface area contributed by atoms with Crippen molar-refractivity contribution < 1.29 is 9.18 Å². The third kappa shape index (κ3) is 4.72. The number of carbonyl (C=O) groups is 1. The van der Waals surface area contributed by atoms with Crippen LogP contribution in [0.15, 0.2) is 35.6 Å². The number of nitrogens with zero attached hydrogens (tertiary/aromatic N) is 5. The SMILES string of the molecule is CCN=C(NC1CC1c1c(F)cccc1Cl)N1CCN(c2cnn(C)c2)C(=O)C1.I. The number of rotatable bonds is 4. The summed E-state index contributed by atoms with van der Waals surface area (Å²) in [5.41, 5.74) is 1.36. The van der Waals surface area contributed by atoms with Crippen molar-refractivity contribution in [3.05, 3.63) is 47.0 Å². The molecule has 1 N–H and O–H groups in total. The van der Waals surface area contributed by atoms with Gasteiger partial charge in [-0.15, -0.1) is 24.0 Å². The molecule has 0 bridgehead atoms. The molecule has 1 amide bonds. The zero-order chi connectivity index (χ0) is 20.5. The molecule has 162 valence electrons. The third-order valence-corrected chi connectivity index (χ3v) is 5.64. The molecule has 7 nitrogen and oxygen atoms in total. The molecule has 1 aromatic heterocycles. The molecule has 1 saturated carbocycles. The standard InChI is InChI=1S/C20H24ClFN6O.HI/c1-3-23-20(25-17-9-14(17)19-15(21)5-4-6-16(19)22)27-7-8-28(18(29)12-27)13-10-24-26(2)11-13;/h4-6,10-11,14,17H,3,7-9,12H2,1-2H3,(H,23,25);1H. The largest absolute Gasteiger partial charge is 0.353 e. The van der Waals surface area contributed by atoms with Crippen LogP contribution in [0.25, 0.3) is 0 Å². The van der Waals surface area contributed by atoms with E-state index in [4.69, 9.17) is 11.6 Å². The van der Waals surface area contributed by atoms with Crippen LogP contribution in [0.2, 0.25) is 5.02 Å². The van der Waals surface area contributed by atoms with Gasteiger partial charge in [-0.05, 0) is 25.5 Å². The number of piperazine rings is 1. The molecule has 1 aliphatic heterocycles. The molecular formula is C20H25ClFIN6O. The van der Waals surface area contributed by atoms with Crippen LogP contribution in [0.4, 0.5) is 10.1 Å². The second-order valence-corrected chi connectivity index (χ2v) is 7.77. The van der Waals surface area contributed by atoms with E-state index in [1.165, 1.54) is 6.07 Å². The number of halogens is 3. The molecule has 1 saturated heterocycles. The predicted molar refractivity (Wildman–Crippen MR) is 126 cm³/mol. The van der Waals surface area contributed by atoms with E-state index in [-0.39, 0.29) is 54.2 Å². The van der Waals surface area contributed by atoms with Gasteiger partial charge in [-0.25, -0.2) is 4.39 Å². The Labute approximate surface area is 197 Å².